The Morgan fingerprint density at radius 3 is 2.11 bits per heavy atom. The molecule has 2 fully saturated rings. The molecule has 0 spiro atoms. The predicted octanol–water partition coefficient (Wildman–Crippen LogP) is 1.34. The molecule has 0 radical (unpaired) electrons. The van der Waals surface area contributed by atoms with Crippen molar-refractivity contribution < 1.29 is 30.0 Å². The zero-order chi connectivity index (χ0) is 19.9. The molecule has 11 heteroatoms. The third-order valence-corrected chi connectivity index (χ3v) is 9.30. The van der Waals surface area contributed by atoms with E-state index in [9.17, 15) is 30.0 Å². The average molecular weight is 426 g/mol. The van der Waals surface area contributed by atoms with Crippen LogP contribution in [0.3, 0.4) is 0 Å². The molecule has 1 aromatic carbocycles. The van der Waals surface area contributed by atoms with Crippen LogP contribution in [0.2, 0.25) is 0 Å². The van der Waals surface area contributed by atoms with Crippen molar-refractivity contribution in [2.24, 2.45) is 0 Å². The Morgan fingerprint density at radius 1 is 1.04 bits per heavy atom. The molecule has 2 aliphatic heterocycles. The van der Waals surface area contributed by atoms with Gasteiger partial charge in [0.15, 0.2) is 9.84 Å². The summed E-state index contributed by atoms with van der Waals surface area (Å²) in [7, 11) is -6.93. The maximum Gasteiger partial charge on any atom is 0.416 e. The number of hydrogen-bond acceptors (Lipinski definition) is 5. The third kappa shape index (κ3) is 4.82. The fraction of sp³-hybridized carbons (Fsp3) is 0.625. The summed E-state index contributed by atoms with van der Waals surface area (Å²) in [6.07, 6.45) is -4.23. The Labute approximate surface area is 156 Å². The zero-order valence-electron chi connectivity index (χ0n) is 14.5. The van der Waals surface area contributed by atoms with Crippen LogP contribution in [-0.2, 0) is 32.6 Å². The average Bonchev–Trinajstić information content (AvgIpc) is 2.96. The van der Waals surface area contributed by atoms with E-state index in [2.05, 4.69) is 0 Å². The summed E-state index contributed by atoms with van der Waals surface area (Å²) in [4.78, 5) is 1.97. The van der Waals surface area contributed by atoms with Crippen molar-refractivity contribution in [2.75, 3.05) is 37.7 Å². The van der Waals surface area contributed by atoms with Crippen LogP contribution in [0, 0.1) is 0 Å². The van der Waals surface area contributed by atoms with Crippen molar-refractivity contribution in [2.45, 2.75) is 24.4 Å². The molecule has 0 bridgehead atoms. The quantitative estimate of drug-likeness (QED) is 0.727. The highest BCUT2D eigenvalue weighted by atomic mass is 32.2. The summed E-state index contributed by atoms with van der Waals surface area (Å²) in [5.41, 5.74) is 0.0230. The minimum Gasteiger partial charge on any atom is -0.296 e. The minimum atomic E-state index is -4.37. The molecular weight excluding hydrogens is 405 g/mol. The van der Waals surface area contributed by atoms with Crippen LogP contribution in [0.4, 0.5) is 13.2 Å². The molecule has 3 rings (SSSR count). The second-order valence-electron chi connectivity index (χ2n) is 6.94. The molecule has 1 aromatic rings. The van der Waals surface area contributed by atoms with Gasteiger partial charge in [-0.15, -0.1) is 0 Å². The molecular formula is C16H21F3N2O4S2. The van der Waals surface area contributed by atoms with Crippen LogP contribution in [0.25, 0.3) is 0 Å². The van der Waals surface area contributed by atoms with Crippen molar-refractivity contribution in [3.05, 3.63) is 35.4 Å². The zero-order valence-corrected chi connectivity index (χ0v) is 16.2. The lowest BCUT2D eigenvalue weighted by Crippen LogP contribution is -2.50. The van der Waals surface area contributed by atoms with Gasteiger partial charge in [-0.3, -0.25) is 4.90 Å². The molecule has 2 saturated heterocycles. The van der Waals surface area contributed by atoms with Crippen molar-refractivity contribution >= 4 is 19.9 Å². The first kappa shape index (κ1) is 20.6. The Bertz CT molecular complexity index is 875. The Morgan fingerprint density at radius 2 is 1.63 bits per heavy atom. The smallest absolute Gasteiger partial charge is 0.296 e. The number of benzene rings is 1. The van der Waals surface area contributed by atoms with E-state index < -0.39 is 36.9 Å². The fourth-order valence-corrected chi connectivity index (χ4v) is 7.92. The summed E-state index contributed by atoms with van der Waals surface area (Å²) in [6, 6.07) is 4.93. The van der Waals surface area contributed by atoms with Gasteiger partial charge in [0, 0.05) is 32.7 Å². The van der Waals surface area contributed by atoms with Crippen molar-refractivity contribution in [1.29, 1.82) is 0 Å². The Hall–Kier alpha value is -1.17. The highest BCUT2D eigenvalue weighted by Crippen LogP contribution is 2.29. The SMILES string of the molecule is O=S1(=O)CCC(S(=O)(=O)N2CCN(Cc3ccc(C(F)(F)F)cc3)CC2)C1. The number of sulfone groups is 1. The first-order chi connectivity index (χ1) is 12.5. The largest absolute Gasteiger partial charge is 0.416 e. The number of nitrogens with zero attached hydrogens (tertiary/aromatic N) is 2. The predicted molar refractivity (Wildman–Crippen MR) is 94.3 cm³/mol. The minimum absolute atomic E-state index is 0.0925. The maximum atomic E-state index is 12.6. The molecule has 2 heterocycles. The third-order valence-electron chi connectivity index (χ3n) is 4.99. The molecule has 0 amide bonds. The molecule has 0 N–H and O–H groups in total. The number of piperazine rings is 1. The van der Waals surface area contributed by atoms with E-state index in [-0.39, 0.29) is 31.0 Å². The normalized spacial score (nSPS) is 24.9. The molecule has 0 aromatic heterocycles. The lowest BCUT2D eigenvalue weighted by atomic mass is 10.1. The highest BCUT2D eigenvalue weighted by Gasteiger charge is 2.41. The summed E-state index contributed by atoms with van der Waals surface area (Å²) >= 11 is 0. The van der Waals surface area contributed by atoms with Gasteiger partial charge < -0.3 is 0 Å². The lowest BCUT2D eigenvalue weighted by molar-refractivity contribution is -0.137. The van der Waals surface area contributed by atoms with E-state index in [0.29, 0.717) is 19.6 Å². The van der Waals surface area contributed by atoms with Gasteiger partial charge in [0.25, 0.3) is 0 Å². The lowest BCUT2D eigenvalue weighted by Gasteiger charge is -2.35. The van der Waals surface area contributed by atoms with Gasteiger partial charge in [0.2, 0.25) is 10.0 Å². The van der Waals surface area contributed by atoms with Gasteiger partial charge in [0.1, 0.15) is 0 Å². The van der Waals surface area contributed by atoms with Crippen molar-refractivity contribution in [3.63, 3.8) is 0 Å². The van der Waals surface area contributed by atoms with Gasteiger partial charge in [-0.05, 0) is 24.1 Å². The molecule has 0 saturated carbocycles. The van der Waals surface area contributed by atoms with E-state index in [1.165, 1.54) is 16.4 Å². The maximum absolute atomic E-state index is 12.6. The molecule has 1 atom stereocenters. The molecule has 2 aliphatic rings. The monoisotopic (exact) mass is 426 g/mol. The number of halogens is 3. The van der Waals surface area contributed by atoms with E-state index in [0.717, 1.165) is 17.7 Å². The van der Waals surface area contributed by atoms with Gasteiger partial charge in [-0.2, -0.15) is 17.5 Å². The van der Waals surface area contributed by atoms with E-state index in [1.54, 1.807) is 0 Å². The van der Waals surface area contributed by atoms with Gasteiger partial charge in [-0.25, -0.2) is 16.8 Å². The molecule has 1 unspecified atom stereocenters. The fourth-order valence-electron chi connectivity index (χ4n) is 3.41. The van der Waals surface area contributed by atoms with Crippen molar-refractivity contribution in [1.82, 2.24) is 9.21 Å². The summed E-state index contributed by atoms with van der Waals surface area (Å²) in [5, 5.41) is -0.871. The van der Waals surface area contributed by atoms with Gasteiger partial charge >= 0.3 is 6.18 Å². The van der Waals surface area contributed by atoms with Crippen LogP contribution in [0.5, 0.6) is 0 Å². The van der Waals surface area contributed by atoms with E-state index in [4.69, 9.17) is 0 Å². The molecule has 6 nitrogen and oxygen atoms in total. The first-order valence-electron chi connectivity index (χ1n) is 8.55. The second-order valence-corrected chi connectivity index (χ2v) is 11.4. The van der Waals surface area contributed by atoms with Crippen LogP contribution < -0.4 is 0 Å². The molecule has 27 heavy (non-hydrogen) atoms. The number of alkyl halides is 3. The first-order valence-corrected chi connectivity index (χ1v) is 11.9. The van der Waals surface area contributed by atoms with E-state index >= 15 is 0 Å². The van der Waals surface area contributed by atoms with Crippen molar-refractivity contribution in [3.8, 4) is 0 Å². The van der Waals surface area contributed by atoms with Crippen LogP contribution in [0.15, 0.2) is 24.3 Å². The summed E-state index contributed by atoms with van der Waals surface area (Å²) in [5.74, 6) is -0.411. The van der Waals surface area contributed by atoms with Crippen LogP contribution >= 0.6 is 0 Å². The topological polar surface area (TPSA) is 74.8 Å². The summed E-state index contributed by atoms with van der Waals surface area (Å²) in [6.45, 7) is 1.82. The van der Waals surface area contributed by atoms with Crippen LogP contribution in [-0.4, -0.2) is 69.0 Å². The van der Waals surface area contributed by atoms with E-state index in [1.807, 2.05) is 4.90 Å². The molecule has 0 aliphatic carbocycles. The van der Waals surface area contributed by atoms with Crippen LogP contribution in [0.1, 0.15) is 17.5 Å². The summed E-state index contributed by atoms with van der Waals surface area (Å²) < 4.78 is 87.4. The standard InChI is InChI=1S/C16H21F3N2O4S2/c17-16(18,19)14-3-1-13(2-4-14)11-20-6-8-21(9-7-20)27(24,25)15-5-10-26(22,23)12-15/h1-4,15H,5-12H2. The Kier molecular flexibility index (Phi) is 5.59. The van der Waals surface area contributed by atoms with Gasteiger partial charge in [0.05, 0.1) is 22.3 Å². The number of rotatable bonds is 4. The van der Waals surface area contributed by atoms with Gasteiger partial charge in [-0.1, -0.05) is 12.1 Å². The number of sulfonamides is 1. The highest BCUT2D eigenvalue weighted by molar-refractivity contribution is 7.95. The Balaban J connectivity index is 1.56. The number of hydrogen-bond donors (Lipinski definition) is 0. The second kappa shape index (κ2) is 7.34. The molecule has 152 valence electrons.